The Kier molecular flexibility index (Phi) is 4.94. The van der Waals surface area contributed by atoms with Crippen molar-refractivity contribution in [2.24, 2.45) is 0 Å². The lowest BCUT2D eigenvalue weighted by Gasteiger charge is -2.12. The van der Waals surface area contributed by atoms with Crippen LogP contribution < -0.4 is 15.5 Å². The molecular weight excluding hydrogens is 290 g/mol. The normalized spacial score (nSPS) is 10.0. The summed E-state index contributed by atoms with van der Waals surface area (Å²) in [5.74, 6) is 1.34. The molecule has 110 valence electrons. The Morgan fingerprint density at radius 3 is 2.62 bits per heavy atom. The molecule has 2 rings (SSSR count). The van der Waals surface area contributed by atoms with Gasteiger partial charge in [-0.15, -0.1) is 0 Å². The monoisotopic (exact) mass is 305 g/mol. The molecule has 0 aliphatic carbocycles. The molecule has 2 amide bonds. The number of carbonyl (C=O) groups excluding carboxylic acids is 1. The predicted molar refractivity (Wildman–Crippen MR) is 83.7 cm³/mol. The SMILES string of the molecule is CN(C)c1ccnc(CNC(=O)Nc2ccc(Cl)cc2)n1. The van der Waals surface area contributed by atoms with Crippen LogP contribution in [-0.2, 0) is 6.54 Å². The fraction of sp³-hybridized carbons (Fsp3) is 0.214. The van der Waals surface area contributed by atoms with Crippen LogP contribution in [-0.4, -0.2) is 30.1 Å². The van der Waals surface area contributed by atoms with E-state index in [9.17, 15) is 4.79 Å². The van der Waals surface area contributed by atoms with Gasteiger partial charge in [0.25, 0.3) is 0 Å². The molecule has 1 aromatic carbocycles. The van der Waals surface area contributed by atoms with Crippen LogP contribution in [0.3, 0.4) is 0 Å². The first-order valence-corrected chi connectivity index (χ1v) is 6.72. The summed E-state index contributed by atoms with van der Waals surface area (Å²) in [6.45, 7) is 0.251. The molecule has 1 heterocycles. The number of carbonyl (C=O) groups is 1. The molecule has 0 radical (unpaired) electrons. The van der Waals surface area contributed by atoms with Gasteiger partial charge in [-0.25, -0.2) is 14.8 Å². The standard InChI is InChI=1S/C14H16ClN5O/c1-20(2)13-7-8-16-12(19-13)9-17-14(21)18-11-5-3-10(15)4-6-11/h3-8H,9H2,1-2H3,(H2,17,18,21). The van der Waals surface area contributed by atoms with Gasteiger partial charge in [-0.2, -0.15) is 0 Å². The number of benzene rings is 1. The van der Waals surface area contributed by atoms with E-state index in [0.717, 1.165) is 5.82 Å². The Bertz CT molecular complexity index is 615. The summed E-state index contributed by atoms with van der Waals surface area (Å²) in [6, 6.07) is 8.35. The third-order valence-corrected chi connectivity index (χ3v) is 2.91. The van der Waals surface area contributed by atoms with Crippen molar-refractivity contribution in [2.75, 3.05) is 24.3 Å². The molecule has 0 aliphatic heterocycles. The van der Waals surface area contributed by atoms with Crippen molar-refractivity contribution >= 4 is 29.1 Å². The quantitative estimate of drug-likeness (QED) is 0.910. The molecule has 0 spiro atoms. The lowest BCUT2D eigenvalue weighted by atomic mass is 10.3. The molecule has 0 atom stereocenters. The van der Waals surface area contributed by atoms with E-state index in [4.69, 9.17) is 11.6 Å². The van der Waals surface area contributed by atoms with Gasteiger partial charge in [0.2, 0.25) is 0 Å². The van der Waals surface area contributed by atoms with Crippen molar-refractivity contribution < 1.29 is 4.79 Å². The maximum Gasteiger partial charge on any atom is 0.319 e. The van der Waals surface area contributed by atoms with Crippen molar-refractivity contribution in [3.8, 4) is 0 Å². The molecule has 2 N–H and O–H groups in total. The highest BCUT2D eigenvalue weighted by Crippen LogP contribution is 2.13. The lowest BCUT2D eigenvalue weighted by molar-refractivity contribution is 0.251. The molecule has 7 heteroatoms. The molecule has 2 aromatic rings. The largest absolute Gasteiger partial charge is 0.363 e. The summed E-state index contributed by atoms with van der Waals surface area (Å²) in [7, 11) is 3.79. The number of hydrogen-bond acceptors (Lipinski definition) is 4. The molecule has 6 nitrogen and oxygen atoms in total. The number of hydrogen-bond donors (Lipinski definition) is 2. The fourth-order valence-electron chi connectivity index (χ4n) is 1.59. The smallest absolute Gasteiger partial charge is 0.319 e. The average Bonchev–Trinajstić information content (AvgIpc) is 2.48. The van der Waals surface area contributed by atoms with Crippen molar-refractivity contribution in [3.63, 3.8) is 0 Å². The molecule has 0 saturated heterocycles. The van der Waals surface area contributed by atoms with Crippen LogP contribution in [0, 0.1) is 0 Å². The van der Waals surface area contributed by atoms with Gasteiger partial charge in [0, 0.05) is 31.0 Å². The number of nitrogens with zero attached hydrogens (tertiary/aromatic N) is 3. The highest BCUT2D eigenvalue weighted by atomic mass is 35.5. The number of nitrogens with one attached hydrogen (secondary N) is 2. The highest BCUT2D eigenvalue weighted by molar-refractivity contribution is 6.30. The van der Waals surface area contributed by atoms with Gasteiger partial charge in [-0.05, 0) is 30.3 Å². The maximum atomic E-state index is 11.8. The van der Waals surface area contributed by atoms with Gasteiger partial charge in [0.15, 0.2) is 0 Å². The fourth-order valence-corrected chi connectivity index (χ4v) is 1.72. The lowest BCUT2D eigenvalue weighted by Crippen LogP contribution is -2.29. The highest BCUT2D eigenvalue weighted by Gasteiger charge is 2.05. The van der Waals surface area contributed by atoms with E-state index < -0.39 is 0 Å². The first-order chi connectivity index (χ1) is 10.0. The molecule has 1 aromatic heterocycles. The van der Waals surface area contributed by atoms with Crippen molar-refractivity contribution in [1.82, 2.24) is 15.3 Å². The van der Waals surface area contributed by atoms with Crippen LogP contribution in [0.25, 0.3) is 0 Å². The van der Waals surface area contributed by atoms with E-state index in [1.807, 2.05) is 19.0 Å². The number of anilines is 2. The van der Waals surface area contributed by atoms with Crippen LogP contribution in [0.1, 0.15) is 5.82 Å². The van der Waals surface area contributed by atoms with E-state index in [1.165, 1.54) is 0 Å². The summed E-state index contributed by atoms with van der Waals surface area (Å²) in [6.07, 6.45) is 1.66. The molecule has 0 unspecified atom stereocenters. The minimum Gasteiger partial charge on any atom is -0.363 e. The zero-order valence-electron chi connectivity index (χ0n) is 11.8. The van der Waals surface area contributed by atoms with Crippen LogP contribution in [0.5, 0.6) is 0 Å². The molecule has 0 aliphatic rings. The third-order valence-electron chi connectivity index (χ3n) is 2.66. The maximum absolute atomic E-state index is 11.8. The van der Waals surface area contributed by atoms with Gasteiger partial charge >= 0.3 is 6.03 Å². The van der Waals surface area contributed by atoms with E-state index in [2.05, 4.69) is 20.6 Å². The molecule has 0 bridgehead atoms. The minimum absolute atomic E-state index is 0.251. The topological polar surface area (TPSA) is 70.2 Å². The van der Waals surface area contributed by atoms with Gasteiger partial charge in [0.1, 0.15) is 11.6 Å². The molecular formula is C14H16ClN5O. The Morgan fingerprint density at radius 2 is 1.95 bits per heavy atom. The third kappa shape index (κ3) is 4.61. The van der Waals surface area contributed by atoms with Gasteiger partial charge in [-0.1, -0.05) is 11.6 Å². The summed E-state index contributed by atoms with van der Waals surface area (Å²) in [5.41, 5.74) is 0.667. The van der Waals surface area contributed by atoms with Gasteiger partial charge in [0.05, 0.1) is 6.54 Å². The van der Waals surface area contributed by atoms with Crippen LogP contribution >= 0.6 is 11.6 Å². The Morgan fingerprint density at radius 1 is 1.24 bits per heavy atom. The molecule has 21 heavy (non-hydrogen) atoms. The first kappa shape index (κ1) is 15.1. The number of urea groups is 1. The molecule has 0 saturated carbocycles. The first-order valence-electron chi connectivity index (χ1n) is 6.34. The van der Waals surface area contributed by atoms with Gasteiger partial charge < -0.3 is 15.5 Å². The van der Waals surface area contributed by atoms with E-state index in [0.29, 0.717) is 16.5 Å². The number of aromatic nitrogens is 2. The average molecular weight is 306 g/mol. The van der Waals surface area contributed by atoms with E-state index >= 15 is 0 Å². The number of amides is 2. The van der Waals surface area contributed by atoms with E-state index in [1.54, 1.807) is 36.5 Å². The van der Waals surface area contributed by atoms with Crippen molar-refractivity contribution in [2.45, 2.75) is 6.54 Å². The second-order valence-electron chi connectivity index (χ2n) is 4.54. The Hall–Kier alpha value is -2.34. The molecule has 0 fully saturated rings. The second-order valence-corrected chi connectivity index (χ2v) is 4.98. The zero-order valence-corrected chi connectivity index (χ0v) is 12.6. The Labute approximate surface area is 128 Å². The Balaban J connectivity index is 1.89. The second kappa shape index (κ2) is 6.90. The van der Waals surface area contributed by atoms with Crippen molar-refractivity contribution in [3.05, 3.63) is 47.4 Å². The van der Waals surface area contributed by atoms with Crippen LogP contribution in [0.4, 0.5) is 16.3 Å². The summed E-state index contributed by atoms with van der Waals surface area (Å²) < 4.78 is 0. The summed E-state index contributed by atoms with van der Waals surface area (Å²) >= 11 is 5.78. The van der Waals surface area contributed by atoms with Crippen LogP contribution in [0.15, 0.2) is 36.5 Å². The van der Waals surface area contributed by atoms with Gasteiger partial charge in [-0.3, -0.25) is 0 Å². The number of halogens is 1. The summed E-state index contributed by atoms with van der Waals surface area (Å²) in [5, 5.41) is 6.02. The van der Waals surface area contributed by atoms with Crippen LogP contribution in [0.2, 0.25) is 5.02 Å². The zero-order chi connectivity index (χ0) is 15.2. The number of rotatable bonds is 4. The van der Waals surface area contributed by atoms with E-state index in [-0.39, 0.29) is 12.6 Å². The minimum atomic E-state index is -0.323. The summed E-state index contributed by atoms with van der Waals surface area (Å²) in [4.78, 5) is 22.1. The predicted octanol–water partition coefficient (Wildman–Crippen LogP) is 2.52. The van der Waals surface area contributed by atoms with Crippen molar-refractivity contribution in [1.29, 1.82) is 0 Å².